The van der Waals surface area contributed by atoms with Crippen molar-refractivity contribution >= 4 is 0 Å². The fourth-order valence-corrected chi connectivity index (χ4v) is 8.66. The SMILES string of the molecule is COc1ccc2c(c1)C13CC[C@H](NCc4ccccc4)CC1(O)[C@H]1CC3C(C2)CN1CC1CC1. The number of ether oxygens (including phenoxy) is 1. The van der Waals surface area contributed by atoms with Gasteiger partial charge in [0.15, 0.2) is 0 Å². The molecule has 4 heteroatoms. The van der Waals surface area contributed by atoms with Gasteiger partial charge in [-0.05, 0) is 91.5 Å². The molecule has 34 heavy (non-hydrogen) atoms. The highest BCUT2D eigenvalue weighted by atomic mass is 16.5. The van der Waals surface area contributed by atoms with Crippen LogP contribution in [0.2, 0.25) is 0 Å². The number of fused-ring (bicyclic) bond motifs is 3. The number of benzene rings is 2. The monoisotopic (exact) mass is 458 g/mol. The molecule has 3 saturated carbocycles. The summed E-state index contributed by atoms with van der Waals surface area (Å²) < 4.78 is 5.69. The molecule has 1 saturated heterocycles. The lowest BCUT2D eigenvalue weighted by molar-refractivity contribution is -0.102. The van der Waals surface area contributed by atoms with Gasteiger partial charge in [0.05, 0.1) is 12.7 Å². The van der Waals surface area contributed by atoms with Crippen LogP contribution >= 0.6 is 0 Å². The minimum Gasteiger partial charge on any atom is -0.497 e. The minimum absolute atomic E-state index is 0.131. The smallest absolute Gasteiger partial charge is 0.119 e. The van der Waals surface area contributed by atoms with Gasteiger partial charge in [0.25, 0.3) is 0 Å². The normalized spacial score (nSPS) is 38.3. The average molecular weight is 459 g/mol. The first-order chi connectivity index (χ1) is 16.6. The van der Waals surface area contributed by atoms with Crippen molar-refractivity contribution in [2.24, 2.45) is 17.8 Å². The standard InChI is InChI=1S/C30H38N2O2/c1-34-25-10-9-22-13-23-19-32(18-21-7-8-21)28-15-27(23)29(26(22)14-25)12-11-24(16-30(28,29)33)31-17-20-5-3-2-4-6-20/h2-6,9-10,14,21,23-24,27-28,31,33H,7-8,11-13,15-19H2,1H3/t23?,24-,27?,28+,29?,30?/m0/s1. The van der Waals surface area contributed by atoms with Gasteiger partial charge in [-0.25, -0.2) is 0 Å². The Morgan fingerprint density at radius 1 is 1.12 bits per heavy atom. The van der Waals surface area contributed by atoms with Gasteiger partial charge < -0.3 is 15.2 Å². The predicted octanol–water partition coefficient (Wildman–Crippen LogP) is 4.29. The van der Waals surface area contributed by atoms with Gasteiger partial charge in [0.2, 0.25) is 0 Å². The van der Waals surface area contributed by atoms with Gasteiger partial charge in [-0.1, -0.05) is 36.4 Å². The van der Waals surface area contributed by atoms with Crippen LogP contribution < -0.4 is 10.1 Å². The predicted molar refractivity (Wildman–Crippen MR) is 134 cm³/mol. The summed E-state index contributed by atoms with van der Waals surface area (Å²) in [5, 5.41) is 16.8. The first-order valence-electron chi connectivity index (χ1n) is 13.5. The first kappa shape index (κ1) is 21.4. The highest BCUT2D eigenvalue weighted by molar-refractivity contribution is 5.50. The summed E-state index contributed by atoms with van der Waals surface area (Å²) in [5.74, 6) is 3.05. The Kier molecular flexibility index (Phi) is 4.92. The van der Waals surface area contributed by atoms with Gasteiger partial charge in [-0.2, -0.15) is 0 Å². The summed E-state index contributed by atoms with van der Waals surface area (Å²) in [5.41, 5.74) is 3.38. The van der Waals surface area contributed by atoms with E-state index in [-0.39, 0.29) is 11.5 Å². The van der Waals surface area contributed by atoms with E-state index in [0.29, 0.717) is 17.9 Å². The van der Waals surface area contributed by atoms with Crippen LogP contribution in [0.5, 0.6) is 5.75 Å². The maximum atomic E-state index is 12.9. The van der Waals surface area contributed by atoms with Crippen molar-refractivity contribution in [2.75, 3.05) is 20.2 Å². The summed E-state index contributed by atoms with van der Waals surface area (Å²) in [7, 11) is 1.77. The molecule has 2 aromatic rings. The maximum absolute atomic E-state index is 12.9. The van der Waals surface area contributed by atoms with Crippen molar-refractivity contribution in [3.8, 4) is 5.75 Å². The van der Waals surface area contributed by atoms with E-state index in [4.69, 9.17) is 4.74 Å². The summed E-state index contributed by atoms with van der Waals surface area (Å²) in [6, 6.07) is 18.1. The fourth-order valence-electron chi connectivity index (χ4n) is 8.66. The summed E-state index contributed by atoms with van der Waals surface area (Å²) in [6.45, 7) is 3.24. The van der Waals surface area contributed by atoms with Crippen LogP contribution in [0.25, 0.3) is 0 Å². The molecule has 0 radical (unpaired) electrons. The lowest BCUT2D eigenvalue weighted by Crippen LogP contribution is -2.64. The van der Waals surface area contributed by atoms with Crippen molar-refractivity contribution in [1.29, 1.82) is 0 Å². The van der Waals surface area contributed by atoms with Crippen molar-refractivity contribution in [1.82, 2.24) is 10.2 Å². The number of nitrogens with one attached hydrogen (secondary N) is 1. The average Bonchev–Trinajstić information content (AvgIpc) is 3.64. The highest BCUT2D eigenvalue weighted by Gasteiger charge is 2.72. The molecule has 4 nitrogen and oxygen atoms in total. The molecule has 4 unspecified atom stereocenters. The van der Waals surface area contributed by atoms with Gasteiger partial charge in [-0.3, -0.25) is 4.90 Å². The van der Waals surface area contributed by atoms with Crippen molar-refractivity contribution in [3.63, 3.8) is 0 Å². The number of piperidine rings is 1. The third-order valence-corrected chi connectivity index (χ3v) is 10.3. The second-order valence-electron chi connectivity index (χ2n) is 11.9. The van der Waals surface area contributed by atoms with E-state index in [1.165, 1.54) is 42.6 Å². The molecule has 2 aromatic carbocycles. The molecule has 1 heterocycles. The van der Waals surface area contributed by atoms with Crippen LogP contribution in [0.15, 0.2) is 48.5 Å². The third-order valence-electron chi connectivity index (χ3n) is 10.3. The first-order valence-corrected chi connectivity index (χ1v) is 13.5. The Bertz CT molecular complexity index is 1070. The largest absolute Gasteiger partial charge is 0.497 e. The number of hydrogen-bond acceptors (Lipinski definition) is 4. The quantitative estimate of drug-likeness (QED) is 0.678. The molecule has 6 atom stereocenters. The summed E-state index contributed by atoms with van der Waals surface area (Å²) >= 11 is 0. The number of aliphatic hydroxyl groups is 1. The zero-order valence-electron chi connectivity index (χ0n) is 20.4. The summed E-state index contributed by atoms with van der Waals surface area (Å²) in [4.78, 5) is 2.74. The molecule has 0 amide bonds. The van der Waals surface area contributed by atoms with E-state index in [1.54, 1.807) is 7.11 Å². The Labute approximate surface area is 203 Å². The molecule has 180 valence electrons. The molecular formula is C30H38N2O2. The van der Waals surface area contributed by atoms with Crippen molar-refractivity contribution < 1.29 is 9.84 Å². The van der Waals surface area contributed by atoms with Crippen LogP contribution in [-0.4, -0.2) is 47.9 Å². The second-order valence-corrected chi connectivity index (χ2v) is 11.9. The molecular weight excluding hydrogens is 420 g/mol. The van der Waals surface area contributed by atoms with E-state index >= 15 is 0 Å². The van der Waals surface area contributed by atoms with Crippen LogP contribution in [0.1, 0.15) is 55.2 Å². The maximum Gasteiger partial charge on any atom is 0.119 e. The molecule has 4 aliphatic carbocycles. The molecule has 7 rings (SSSR count). The zero-order chi connectivity index (χ0) is 22.9. The molecule has 2 bridgehead atoms. The zero-order valence-corrected chi connectivity index (χ0v) is 20.4. The lowest BCUT2D eigenvalue weighted by atomic mass is 9.51. The molecule has 4 fully saturated rings. The van der Waals surface area contributed by atoms with Crippen molar-refractivity contribution in [2.45, 2.75) is 74.6 Å². The van der Waals surface area contributed by atoms with E-state index in [2.05, 4.69) is 58.7 Å². The van der Waals surface area contributed by atoms with E-state index < -0.39 is 5.60 Å². The third kappa shape index (κ3) is 3.08. The van der Waals surface area contributed by atoms with E-state index in [0.717, 1.165) is 50.3 Å². The van der Waals surface area contributed by atoms with E-state index in [9.17, 15) is 5.11 Å². The van der Waals surface area contributed by atoms with Gasteiger partial charge in [0.1, 0.15) is 5.75 Å². The Morgan fingerprint density at radius 2 is 1.97 bits per heavy atom. The fraction of sp³-hybridized carbons (Fsp3) is 0.600. The number of nitrogens with zero attached hydrogens (tertiary/aromatic N) is 1. The van der Waals surface area contributed by atoms with Crippen LogP contribution in [0.4, 0.5) is 0 Å². The molecule has 5 aliphatic rings. The Balaban J connectivity index is 1.27. The Hall–Kier alpha value is -1.88. The summed E-state index contributed by atoms with van der Waals surface area (Å²) in [6.07, 6.45) is 8.13. The number of methoxy groups -OCH3 is 1. The van der Waals surface area contributed by atoms with Gasteiger partial charge in [-0.15, -0.1) is 0 Å². The van der Waals surface area contributed by atoms with E-state index in [1.807, 2.05) is 0 Å². The number of hydrogen-bond donors (Lipinski definition) is 2. The van der Waals surface area contributed by atoms with Crippen LogP contribution in [0.3, 0.4) is 0 Å². The van der Waals surface area contributed by atoms with Gasteiger partial charge in [0, 0.05) is 37.1 Å². The highest BCUT2D eigenvalue weighted by Crippen LogP contribution is 2.67. The minimum atomic E-state index is -0.685. The van der Waals surface area contributed by atoms with Crippen LogP contribution in [-0.2, 0) is 18.4 Å². The number of rotatable bonds is 6. The molecule has 0 aromatic heterocycles. The van der Waals surface area contributed by atoms with Crippen molar-refractivity contribution in [3.05, 3.63) is 65.2 Å². The van der Waals surface area contributed by atoms with Crippen LogP contribution in [0, 0.1) is 17.8 Å². The topological polar surface area (TPSA) is 44.7 Å². The molecule has 2 N–H and O–H groups in total. The van der Waals surface area contributed by atoms with Gasteiger partial charge >= 0.3 is 0 Å². The second kappa shape index (κ2) is 7.81. The number of likely N-dealkylation sites (tertiary alicyclic amines) is 1. The Morgan fingerprint density at radius 3 is 2.76 bits per heavy atom. The lowest BCUT2D eigenvalue weighted by Gasteiger charge is -2.55. The molecule has 1 spiro atoms. The molecule has 1 aliphatic heterocycles.